The summed E-state index contributed by atoms with van der Waals surface area (Å²) in [6, 6.07) is 6.25. The van der Waals surface area contributed by atoms with Gasteiger partial charge in [-0.25, -0.2) is 0 Å². The molecule has 2 unspecified atom stereocenters. The average Bonchev–Trinajstić information content (AvgIpc) is 2.47. The van der Waals surface area contributed by atoms with E-state index in [9.17, 15) is 13.9 Å². The molecule has 3 N–H and O–H groups in total. The van der Waals surface area contributed by atoms with Crippen molar-refractivity contribution in [2.24, 2.45) is 11.1 Å². The zero-order valence-electron chi connectivity index (χ0n) is 11.1. The van der Waals surface area contributed by atoms with Crippen LogP contribution in [-0.2, 0) is 4.74 Å². The third kappa shape index (κ3) is 3.08. The highest BCUT2D eigenvalue weighted by Crippen LogP contribution is 2.43. The summed E-state index contributed by atoms with van der Waals surface area (Å²) in [6.45, 7) is -1.77. The molecule has 0 saturated carbocycles. The first-order valence-electron chi connectivity index (χ1n) is 6.59. The van der Waals surface area contributed by atoms with Crippen LogP contribution in [0.5, 0.6) is 5.75 Å². The molecule has 1 aromatic carbocycles. The highest BCUT2D eigenvalue weighted by Gasteiger charge is 2.40. The maximum atomic E-state index is 12.4. The van der Waals surface area contributed by atoms with E-state index in [1.54, 1.807) is 18.2 Å². The average molecular weight is 287 g/mol. The van der Waals surface area contributed by atoms with Gasteiger partial charge < -0.3 is 20.3 Å². The van der Waals surface area contributed by atoms with E-state index in [1.807, 2.05) is 0 Å². The zero-order valence-corrected chi connectivity index (χ0v) is 11.1. The highest BCUT2D eigenvalue weighted by molar-refractivity contribution is 5.36. The Balaban J connectivity index is 2.29. The van der Waals surface area contributed by atoms with E-state index < -0.39 is 18.1 Å². The Kier molecular flexibility index (Phi) is 4.91. The largest absolute Gasteiger partial charge is 0.434 e. The second-order valence-electron chi connectivity index (χ2n) is 5.04. The molecule has 1 aromatic rings. The van der Waals surface area contributed by atoms with Crippen molar-refractivity contribution in [3.05, 3.63) is 29.8 Å². The first kappa shape index (κ1) is 15.2. The van der Waals surface area contributed by atoms with Crippen LogP contribution in [-0.4, -0.2) is 31.5 Å². The number of benzene rings is 1. The molecule has 112 valence electrons. The summed E-state index contributed by atoms with van der Waals surface area (Å²) in [7, 11) is 0. The van der Waals surface area contributed by atoms with E-state index in [4.69, 9.17) is 10.5 Å². The number of hydrogen-bond acceptors (Lipinski definition) is 4. The summed E-state index contributed by atoms with van der Waals surface area (Å²) in [5.41, 5.74) is 5.47. The van der Waals surface area contributed by atoms with Gasteiger partial charge in [-0.15, -0.1) is 0 Å². The van der Waals surface area contributed by atoms with E-state index in [0.717, 1.165) is 6.42 Å². The number of nitrogens with two attached hydrogens (primary N) is 1. The van der Waals surface area contributed by atoms with Crippen LogP contribution < -0.4 is 10.5 Å². The van der Waals surface area contributed by atoms with Crippen LogP contribution in [0.1, 0.15) is 24.5 Å². The van der Waals surface area contributed by atoms with Gasteiger partial charge in [0.1, 0.15) is 5.75 Å². The van der Waals surface area contributed by atoms with E-state index in [1.165, 1.54) is 6.07 Å². The molecule has 1 fully saturated rings. The lowest BCUT2D eigenvalue weighted by Crippen LogP contribution is -2.43. The van der Waals surface area contributed by atoms with Gasteiger partial charge in [-0.3, -0.25) is 0 Å². The Morgan fingerprint density at radius 2 is 2.15 bits per heavy atom. The zero-order chi connectivity index (χ0) is 14.6. The molecule has 2 atom stereocenters. The lowest BCUT2D eigenvalue weighted by molar-refractivity contribution is -0.0833. The number of ether oxygens (including phenoxy) is 2. The molecule has 6 heteroatoms. The van der Waals surface area contributed by atoms with Crippen molar-refractivity contribution in [2.75, 3.05) is 19.8 Å². The number of para-hydroxylation sites is 1. The molecule has 1 aliphatic rings. The van der Waals surface area contributed by atoms with Crippen molar-refractivity contribution in [3.8, 4) is 5.75 Å². The summed E-state index contributed by atoms with van der Waals surface area (Å²) < 4.78 is 34.7. The second-order valence-corrected chi connectivity index (χ2v) is 5.04. The van der Waals surface area contributed by atoms with Crippen LogP contribution in [0.15, 0.2) is 24.3 Å². The standard InChI is InChI=1S/C14H19F2NO3/c15-13(16)20-11-5-2-1-4-10(11)12(18)14(8-17)6-3-7-19-9-14/h1-2,4-5,12-13,18H,3,6-9,17H2. The Morgan fingerprint density at radius 1 is 1.40 bits per heavy atom. The molecule has 0 aliphatic carbocycles. The fourth-order valence-corrected chi connectivity index (χ4v) is 2.60. The molecular weight excluding hydrogens is 268 g/mol. The van der Waals surface area contributed by atoms with Crippen LogP contribution >= 0.6 is 0 Å². The highest BCUT2D eigenvalue weighted by atomic mass is 19.3. The molecule has 0 spiro atoms. The quantitative estimate of drug-likeness (QED) is 0.870. The lowest BCUT2D eigenvalue weighted by Gasteiger charge is -2.40. The number of aliphatic hydroxyl groups is 1. The third-order valence-corrected chi connectivity index (χ3v) is 3.77. The maximum Gasteiger partial charge on any atom is 0.387 e. The van der Waals surface area contributed by atoms with Crippen LogP contribution in [0, 0.1) is 5.41 Å². The summed E-state index contributed by atoms with van der Waals surface area (Å²) in [6.07, 6.45) is 0.475. The number of hydrogen-bond donors (Lipinski definition) is 2. The molecular formula is C14H19F2NO3. The fourth-order valence-electron chi connectivity index (χ4n) is 2.60. The van der Waals surface area contributed by atoms with E-state index >= 15 is 0 Å². The molecule has 20 heavy (non-hydrogen) atoms. The smallest absolute Gasteiger partial charge is 0.387 e. The molecule has 0 amide bonds. The minimum Gasteiger partial charge on any atom is -0.434 e. The number of halogens is 2. The summed E-state index contributed by atoms with van der Waals surface area (Å²) in [5.74, 6) is -0.0200. The monoisotopic (exact) mass is 287 g/mol. The van der Waals surface area contributed by atoms with Crippen LogP contribution in [0.2, 0.25) is 0 Å². The number of alkyl halides is 2. The minimum absolute atomic E-state index is 0.0200. The maximum absolute atomic E-state index is 12.4. The van der Waals surface area contributed by atoms with Gasteiger partial charge in [-0.2, -0.15) is 8.78 Å². The van der Waals surface area contributed by atoms with Gasteiger partial charge in [-0.05, 0) is 18.9 Å². The minimum atomic E-state index is -2.93. The number of rotatable bonds is 5. The van der Waals surface area contributed by atoms with Gasteiger partial charge >= 0.3 is 6.61 Å². The molecule has 1 heterocycles. The van der Waals surface area contributed by atoms with Crippen molar-refractivity contribution >= 4 is 0 Å². The van der Waals surface area contributed by atoms with Crippen molar-refractivity contribution < 1.29 is 23.4 Å². The van der Waals surface area contributed by atoms with Gasteiger partial charge in [0.2, 0.25) is 0 Å². The Morgan fingerprint density at radius 3 is 2.75 bits per heavy atom. The molecule has 0 radical (unpaired) electrons. The van der Waals surface area contributed by atoms with Gasteiger partial charge in [0.15, 0.2) is 0 Å². The van der Waals surface area contributed by atoms with Gasteiger partial charge in [0.05, 0.1) is 12.7 Å². The van der Waals surface area contributed by atoms with Crippen molar-refractivity contribution in [1.82, 2.24) is 0 Å². The summed E-state index contributed by atoms with van der Waals surface area (Å²) in [4.78, 5) is 0. The predicted octanol–water partition coefficient (Wildman–Crippen LogP) is 2.08. The Labute approximate surface area is 116 Å². The van der Waals surface area contributed by atoms with Crippen LogP contribution in [0.3, 0.4) is 0 Å². The van der Waals surface area contributed by atoms with Crippen molar-refractivity contribution in [1.29, 1.82) is 0 Å². The summed E-state index contributed by atoms with van der Waals surface area (Å²) in [5, 5.41) is 10.6. The second kappa shape index (κ2) is 6.47. The SMILES string of the molecule is NCC1(C(O)c2ccccc2OC(F)F)CCCOC1. The Hall–Kier alpha value is -1.24. The molecule has 1 aliphatic heterocycles. The summed E-state index contributed by atoms with van der Waals surface area (Å²) >= 11 is 0. The lowest BCUT2D eigenvalue weighted by atomic mass is 9.74. The molecule has 4 nitrogen and oxygen atoms in total. The van der Waals surface area contributed by atoms with Gasteiger partial charge in [0.25, 0.3) is 0 Å². The fraction of sp³-hybridized carbons (Fsp3) is 0.571. The molecule has 0 aromatic heterocycles. The molecule has 1 saturated heterocycles. The van der Waals surface area contributed by atoms with Gasteiger partial charge in [-0.1, -0.05) is 18.2 Å². The van der Waals surface area contributed by atoms with E-state index in [0.29, 0.717) is 25.2 Å². The third-order valence-electron chi connectivity index (χ3n) is 3.77. The Bertz CT molecular complexity index is 436. The number of aliphatic hydroxyl groups excluding tert-OH is 1. The van der Waals surface area contributed by atoms with Crippen molar-refractivity contribution in [3.63, 3.8) is 0 Å². The van der Waals surface area contributed by atoms with E-state index in [2.05, 4.69) is 4.74 Å². The first-order valence-corrected chi connectivity index (χ1v) is 6.59. The normalized spacial score (nSPS) is 24.6. The van der Waals surface area contributed by atoms with Crippen LogP contribution in [0.4, 0.5) is 8.78 Å². The first-order chi connectivity index (χ1) is 9.59. The topological polar surface area (TPSA) is 64.7 Å². The predicted molar refractivity (Wildman–Crippen MR) is 69.6 cm³/mol. The van der Waals surface area contributed by atoms with Crippen molar-refractivity contribution in [2.45, 2.75) is 25.6 Å². The molecule has 0 bridgehead atoms. The molecule has 2 rings (SSSR count). The van der Waals surface area contributed by atoms with E-state index in [-0.39, 0.29) is 12.3 Å². The van der Waals surface area contributed by atoms with Crippen LogP contribution in [0.25, 0.3) is 0 Å². The van der Waals surface area contributed by atoms with Gasteiger partial charge in [0, 0.05) is 24.1 Å².